The van der Waals surface area contributed by atoms with Crippen LogP contribution >= 0.6 is 0 Å². The minimum absolute atomic E-state index is 0.00909. The van der Waals surface area contributed by atoms with E-state index in [2.05, 4.69) is 9.71 Å². The Balaban J connectivity index is 1.53. The molecule has 1 aliphatic heterocycles. The van der Waals surface area contributed by atoms with Crippen LogP contribution < -0.4 is 9.46 Å². The molecular formula is C19H22FN3O4S. The van der Waals surface area contributed by atoms with Gasteiger partial charge < -0.3 is 9.64 Å². The number of likely N-dealkylation sites (tertiary alicyclic amines) is 1. The molecular weight excluding hydrogens is 385 g/mol. The third kappa shape index (κ3) is 4.66. The number of aromatic nitrogens is 1. The Morgan fingerprint density at radius 2 is 1.93 bits per heavy atom. The standard InChI is InChI=1S/C19H22FN3O4S/c1-27-18-3-2-16(12-17(18)20)28(25,26)22-13-14-6-10-23(11-7-14)19(24)15-4-8-21-9-5-15/h2-5,8-9,12,14,22H,6-7,10-11,13H2,1H3. The summed E-state index contributed by atoms with van der Waals surface area (Å²) in [6.45, 7) is 1.36. The molecule has 28 heavy (non-hydrogen) atoms. The number of hydrogen-bond donors (Lipinski definition) is 1. The second kappa shape index (κ2) is 8.66. The number of carbonyl (C=O) groups is 1. The minimum atomic E-state index is -3.81. The Bertz CT molecular complexity index is 929. The molecule has 0 radical (unpaired) electrons. The second-order valence-corrected chi connectivity index (χ2v) is 8.39. The van der Waals surface area contributed by atoms with E-state index in [1.165, 1.54) is 19.2 Å². The quantitative estimate of drug-likeness (QED) is 0.792. The van der Waals surface area contributed by atoms with Gasteiger partial charge in [-0.2, -0.15) is 0 Å². The van der Waals surface area contributed by atoms with E-state index in [4.69, 9.17) is 4.74 Å². The topological polar surface area (TPSA) is 88.6 Å². The molecule has 0 bridgehead atoms. The number of sulfonamides is 1. The van der Waals surface area contributed by atoms with Gasteiger partial charge in [-0.05, 0) is 49.1 Å². The van der Waals surface area contributed by atoms with Gasteiger partial charge in [-0.3, -0.25) is 9.78 Å². The summed E-state index contributed by atoms with van der Waals surface area (Å²) >= 11 is 0. The molecule has 0 aliphatic carbocycles. The molecule has 0 atom stereocenters. The maximum atomic E-state index is 13.8. The molecule has 3 rings (SSSR count). The molecule has 0 saturated carbocycles. The summed E-state index contributed by atoms with van der Waals surface area (Å²) in [5, 5.41) is 0. The van der Waals surface area contributed by atoms with E-state index in [0.29, 0.717) is 31.5 Å². The number of hydrogen-bond acceptors (Lipinski definition) is 5. The van der Waals surface area contributed by atoms with Gasteiger partial charge in [0.25, 0.3) is 5.91 Å². The first-order valence-electron chi connectivity index (χ1n) is 8.93. The van der Waals surface area contributed by atoms with Gasteiger partial charge in [0, 0.05) is 37.6 Å². The minimum Gasteiger partial charge on any atom is -0.494 e. The van der Waals surface area contributed by atoms with Gasteiger partial charge in [0.2, 0.25) is 10.0 Å². The first-order chi connectivity index (χ1) is 13.4. The molecule has 2 aromatic rings. The third-order valence-corrected chi connectivity index (χ3v) is 6.25. The van der Waals surface area contributed by atoms with Gasteiger partial charge in [-0.15, -0.1) is 0 Å². The van der Waals surface area contributed by atoms with Gasteiger partial charge in [0.15, 0.2) is 11.6 Å². The number of pyridine rings is 1. The van der Waals surface area contributed by atoms with Gasteiger partial charge in [-0.1, -0.05) is 0 Å². The maximum absolute atomic E-state index is 13.8. The van der Waals surface area contributed by atoms with E-state index < -0.39 is 15.8 Å². The number of rotatable bonds is 6. The zero-order valence-electron chi connectivity index (χ0n) is 15.5. The Morgan fingerprint density at radius 3 is 2.54 bits per heavy atom. The maximum Gasteiger partial charge on any atom is 0.253 e. The molecule has 1 aliphatic rings. The van der Waals surface area contributed by atoms with Crippen LogP contribution in [0.2, 0.25) is 0 Å². The number of nitrogens with one attached hydrogen (secondary N) is 1. The summed E-state index contributed by atoms with van der Waals surface area (Å²) in [4.78, 5) is 18.0. The van der Waals surface area contributed by atoms with Crippen molar-refractivity contribution in [3.05, 3.63) is 54.1 Å². The van der Waals surface area contributed by atoms with Crippen LogP contribution in [-0.4, -0.2) is 51.0 Å². The van der Waals surface area contributed by atoms with Gasteiger partial charge in [0.05, 0.1) is 12.0 Å². The van der Waals surface area contributed by atoms with E-state index in [-0.39, 0.29) is 29.0 Å². The Hall–Kier alpha value is -2.52. The van der Waals surface area contributed by atoms with Crippen molar-refractivity contribution in [3.8, 4) is 5.75 Å². The van der Waals surface area contributed by atoms with E-state index in [9.17, 15) is 17.6 Å². The molecule has 9 heteroatoms. The molecule has 1 N–H and O–H groups in total. The van der Waals surface area contributed by atoms with Gasteiger partial charge in [-0.25, -0.2) is 17.5 Å². The fourth-order valence-corrected chi connectivity index (χ4v) is 4.27. The molecule has 7 nitrogen and oxygen atoms in total. The van der Waals surface area contributed by atoms with E-state index >= 15 is 0 Å². The first-order valence-corrected chi connectivity index (χ1v) is 10.4. The largest absolute Gasteiger partial charge is 0.494 e. The molecule has 150 valence electrons. The SMILES string of the molecule is COc1ccc(S(=O)(=O)NCC2CCN(C(=O)c3ccncc3)CC2)cc1F. The van der Waals surface area contributed by atoms with Crippen LogP contribution in [0.15, 0.2) is 47.6 Å². The molecule has 0 spiro atoms. The summed E-state index contributed by atoms with van der Waals surface area (Å²) in [6, 6.07) is 6.89. The van der Waals surface area contributed by atoms with Crippen molar-refractivity contribution in [2.45, 2.75) is 17.7 Å². The average molecular weight is 407 g/mol. The normalized spacial score (nSPS) is 15.4. The van der Waals surface area contributed by atoms with Crippen LogP contribution in [-0.2, 0) is 10.0 Å². The highest BCUT2D eigenvalue weighted by molar-refractivity contribution is 7.89. The van der Waals surface area contributed by atoms with Crippen molar-refractivity contribution in [2.75, 3.05) is 26.7 Å². The average Bonchev–Trinajstić information content (AvgIpc) is 2.72. The zero-order chi connectivity index (χ0) is 20.1. The Labute approximate surface area is 163 Å². The summed E-state index contributed by atoms with van der Waals surface area (Å²) < 4.78 is 45.9. The van der Waals surface area contributed by atoms with Crippen LogP contribution in [0.1, 0.15) is 23.2 Å². The Morgan fingerprint density at radius 1 is 1.25 bits per heavy atom. The lowest BCUT2D eigenvalue weighted by molar-refractivity contribution is 0.0692. The van der Waals surface area contributed by atoms with E-state index in [0.717, 1.165) is 6.07 Å². The smallest absolute Gasteiger partial charge is 0.253 e. The number of ether oxygens (including phenoxy) is 1. The summed E-state index contributed by atoms with van der Waals surface area (Å²) in [5.41, 5.74) is 0.593. The molecule has 1 saturated heterocycles. The number of carbonyl (C=O) groups excluding carboxylic acids is 1. The number of piperidine rings is 1. The lowest BCUT2D eigenvalue weighted by Gasteiger charge is -2.32. The van der Waals surface area contributed by atoms with E-state index in [1.807, 2.05) is 0 Å². The summed E-state index contributed by atoms with van der Waals surface area (Å²) in [5.74, 6) is -0.673. The predicted molar refractivity (Wildman–Crippen MR) is 101 cm³/mol. The number of methoxy groups -OCH3 is 1. The fraction of sp³-hybridized carbons (Fsp3) is 0.368. The summed E-state index contributed by atoms with van der Waals surface area (Å²) in [6.07, 6.45) is 4.54. The third-order valence-electron chi connectivity index (χ3n) is 4.82. The highest BCUT2D eigenvalue weighted by Gasteiger charge is 2.25. The number of nitrogens with zero attached hydrogens (tertiary/aromatic N) is 2. The van der Waals surface area contributed by atoms with Crippen molar-refractivity contribution in [2.24, 2.45) is 5.92 Å². The molecule has 1 aromatic carbocycles. The lowest BCUT2D eigenvalue weighted by atomic mass is 9.97. The van der Waals surface area contributed by atoms with Gasteiger partial charge in [0.1, 0.15) is 0 Å². The van der Waals surface area contributed by atoms with Crippen LogP contribution in [0, 0.1) is 11.7 Å². The van der Waals surface area contributed by atoms with Crippen molar-refractivity contribution in [1.82, 2.24) is 14.6 Å². The second-order valence-electron chi connectivity index (χ2n) is 6.62. The zero-order valence-corrected chi connectivity index (χ0v) is 16.3. The molecule has 1 fully saturated rings. The van der Waals surface area contributed by atoms with Crippen molar-refractivity contribution >= 4 is 15.9 Å². The number of amides is 1. The highest BCUT2D eigenvalue weighted by atomic mass is 32.2. The Kier molecular flexibility index (Phi) is 6.25. The molecule has 2 heterocycles. The monoisotopic (exact) mass is 407 g/mol. The highest BCUT2D eigenvalue weighted by Crippen LogP contribution is 2.22. The summed E-state index contributed by atoms with van der Waals surface area (Å²) in [7, 11) is -2.50. The van der Waals surface area contributed by atoms with E-state index in [1.54, 1.807) is 29.4 Å². The van der Waals surface area contributed by atoms with Crippen molar-refractivity contribution in [3.63, 3.8) is 0 Å². The van der Waals surface area contributed by atoms with Gasteiger partial charge >= 0.3 is 0 Å². The number of benzene rings is 1. The van der Waals surface area contributed by atoms with Crippen LogP contribution in [0.25, 0.3) is 0 Å². The van der Waals surface area contributed by atoms with Crippen LogP contribution in [0.3, 0.4) is 0 Å². The lowest BCUT2D eigenvalue weighted by Crippen LogP contribution is -2.41. The fourth-order valence-electron chi connectivity index (χ4n) is 3.14. The van der Waals surface area contributed by atoms with Crippen LogP contribution in [0.4, 0.5) is 4.39 Å². The molecule has 0 unspecified atom stereocenters. The predicted octanol–water partition coefficient (Wildman–Crippen LogP) is 2.06. The van der Waals surface area contributed by atoms with Crippen LogP contribution in [0.5, 0.6) is 5.75 Å². The van der Waals surface area contributed by atoms with Crippen molar-refractivity contribution in [1.29, 1.82) is 0 Å². The molecule has 1 aromatic heterocycles. The molecule has 1 amide bonds. The number of halogens is 1. The first kappa shape index (κ1) is 20.2. The van der Waals surface area contributed by atoms with Crippen molar-refractivity contribution < 1.29 is 22.3 Å².